The van der Waals surface area contributed by atoms with E-state index in [1.807, 2.05) is 18.2 Å². The number of unbranched alkanes of at least 4 members (excludes halogenated alkanes) is 1. The Labute approximate surface area is 329 Å². The van der Waals surface area contributed by atoms with Gasteiger partial charge in [-0.25, -0.2) is 9.97 Å². The molecule has 274 valence electrons. The number of hydrogen-bond acceptors (Lipinski definition) is 4. The molecule has 2 N–H and O–H groups in total. The monoisotopic (exact) mass is 739 g/mol. The minimum absolute atomic E-state index is 0.223. The first-order valence-corrected chi connectivity index (χ1v) is 19.4. The fraction of sp³-hybridized carbons (Fsp3) is 0.0800. The fourth-order valence-corrected chi connectivity index (χ4v) is 8.27. The van der Waals surface area contributed by atoms with Gasteiger partial charge in [-0.3, -0.25) is 14.5 Å². The molecule has 0 radical (unpaired) electrons. The zero-order chi connectivity index (χ0) is 38.3. The van der Waals surface area contributed by atoms with Crippen LogP contribution in [-0.2, 0) is 6.42 Å². The molecule has 57 heavy (non-hydrogen) atoms. The Hall–Kier alpha value is -7.38. The first-order valence-electron chi connectivity index (χ1n) is 19.4. The normalized spacial score (nSPS) is 13.1. The topological polar surface area (TPSA) is 94.7 Å². The highest BCUT2D eigenvalue weighted by molar-refractivity contribution is 6.21. The van der Waals surface area contributed by atoms with Gasteiger partial charge in [-0.1, -0.05) is 103 Å². The van der Waals surface area contributed by atoms with E-state index in [0.717, 1.165) is 90.2 Å². The SMILES string of the molecule is O=C1c2ccccc2C(=O)N1CCCCc1c2nc(c(-c3ccccc3)c3ccc([nH]3)c(-c3ccccc3)c3ccc([nH]3)c(-c3ccccc3)c3nc1C=C3)C=C2. The minimum Gasteiger partial charge on any atom is -0.354 e. The maximum absolute atomic E-state index is 13.1. The average Bonchev–Trinajstić information content (AvgIpc) is 4.12. The van der Waals surface area contributed by atoms with Crippen LogP contribution < -0.4 is 0 Å². The van der Waals surface area contributed by atoms with Crippen molar-refractivity contribution in [3.8, 4) is 33.4 Å². The van der Waals surface area contributed by atoms with Gasteiger partial charge in [0, 0.05) is 50.9 Å². The van der Waals surface area contributed by atoms with E-state index < -0.39 is 0 Å². The van der Waals surface area contributed by atoms with Gasteiger partial charge in [0.05, 0.1) is 33.9 Å². The minimum atomic E-state index is -0.223. The van der Waals surface area contributed by atoms with Crippen LogP contribution in [0.2, 0.25) is 0 Å². The Balaban J connectivity index is 1.18. The van der Waals surface area contributed by atoms with E-state index in [0.29, 0.717) is 30.5 Å². The predicted octanol–water partition coefficient (Wildman–Crippen LogP) is 11.3. The lowest BCUT2D eigenvalue weighted by molar-refractivity contribution is 0.0651. The Morgan fingerprint density at radius 3 is 1.26 bits per heavy atom. The highest BCUT2D eigenvalue weighted by Gasteiger charge is 2.34. The van der Waals surface area contributed by atoms with Crippen molar-refractivity contribution in [2.75, 3.05) is 6.54 Å². The highest BCUT2D eigenvalue weighted by Crippen LogP contribution is 2.36. The van der Waals surface area contributed by atoms with Crippen LogP contribution in [0.4, 0.5) is 0 Å². The molecular weight excluding hydrogens is 703 g/mol. The standard InChI is InChI=1S/C50H37N5O2/c56-49-35-20-10-11-21-36(35)50(57)55(49)31-13-12-22-37-38-23-25-40(51-38)46(32-14-4-1-5-15-32)42-27-29-44(53-42)48(34-18-8-3-9-19-34)45-30-28-43(54-45)47(33-16-6-2-7-17-33)41-26-24-39(37)52-41/h1-11,14-21,23-30,53-54H,12-13,22,31H2. The van der Waals surface area contributed by atoms with Gasteiger partial charge >= 0.3 is 0 Å². The van der Waals surface area contributed by atoms with Crippen molar-refractivity contribution < 1.29 is 9.59 Å². The maximum atomic E-state index is 13.1. The van der Waals surface area contributed by atoms with Crippen molar-refractivity contribution in [3.05, 3.63) is 179 Å². The van der Waals surface area contributed by atoms with Crippen molar-refractivity contribution in [1.29, 1.82) is 0 Å². The van der Waals surface area contributed by atoms with E-state index in [9.17, 15) is 9.59 Å². The molecule has 8 bridgehead atoms. The van der Waals surface area contributed by atoms with Crippen molar-refractivity contribution >= 4 is 58.2 Å². The second kappa shape index (κ2) is 14.4. The molecule has 2 amide bonds. The summed E-state index contributed by atoms with van der Waals surface area (Å²) >= 11 is 0. The Morgan fingerprint density at radius 2 is 0.807 bits per heavy atom. The number of H-pyrrole nitrogens is 2. The molecule has 4 aromatic carbocycles. The summed E-state index contributed by atoms with van der Waals surface area (Å²) < 4.78 is 0. The molecule has 0 aliphatic carbocycles. The van der Waals surface area contributed by atoms with Crippen molar-refractivity contribution in [2.45, 2.75) is 19.3 Å². The third kappa shape index (κ3) is 6.19. The third-order valence-corrected chi connectivity index (χ3v) is 11.0. The Morgan fingerprint density at radius 1 is 0.421 bits per heavy atom. The lowest BCUT2D eigenvalue weighted by Crippen LogP contribution is -2.30. The second-order valence-corrected chi connectivity index (χ2v) is 14.5. The highest BCUT2D eigenvalue weighted by atomic mass is 16.2. The van der Waals surface area contributed by atoms with Gasteiger partial charge in [0.2, 0.25) is 0 Å². The summed E-state index contributed by atoms with van der Waals surface area (Å²) in [5.74, 6) is -0.446. The summed E-state index contributed by atoms with van der Waals surface area (Å²) in [5, 5.41) is 0. The van der Waals surface area contributed by atoms with Crippen molar-refractivity contribution in [3.63, 3.8) is 0 Å². The number of carbonyl (C=O) groups is 2. The molecule has 3 aromatic heterocycles. The van der Waals surface area contributed by atoms with E-state index in [2.05, 4.69) is 131 Å². The quantitative estimate of drug-likeness (QED) is 0.120. The number of aromatic nitrogens is 4. The summed E-state index contributed by atoms with van der Waals surface area (Å²) in [5.41, 5.74) is 15.5. The summed E-state index contributed by atoms with van der Waals surface area (Å²) in [4.78, 5) is 45.9. The fourth-order valence-electron chi connectivity index (χ4n) is 8.27. The predicted molar refractivity (Wildman–Crippen MR) is 230 cm³/mol. The molecule has 0 spiro atoms. The molecule has 7 heteroatoms. The number of amides is 2. The smallest absolute Gasteiger partial charge is 0.261 e. The van der Waals surface area contributed by atoms with Gasteiger partial charge in [0.15, 0.2) is 0 Å². The number of benzene rings is 4. The second-order valence-electron chi connectivity index (χ2n) is 14.5. The van der Waals surface area contributed by atoms with Crippen molar-refractivity contribution in [1.82, 2.24) is 24.8 Å². The van der Waals surface area contributed by atoms with Crippen LogP contribution in [0.3, 0.4) is 0 Å². The van der Waals surface area contributed by atoms with Gasteiger partial charge in [0.25, 0.3) is 11.8 Å². The molecule has 7 nitrogen and oxygen atoms in total. The maximum Gasteiger partial charge on any atom is 0.261 e. The summed E-state index contributed by atoms with van der Waals surface area (Å²) in [6, 6.07) is 46.9. The average molecular weight is 740 g/mol. The molecule has 3 aliphatic heterocycles. The number of imide groups is 1. The van der Waals surface area contributed by atoms with Crippen LogP contribution in [0.15, 0.2) is 140 Å². The number of aromatic amines is 2. The van der Waals surface area contributed by atoms with E-state index in [4.69, 9.17) is 9.97 Å². The molecule has 0 unspecified atom stereocenters. The van der Waals surface area contributed by atoms with E-state index in [1.165, 1.54) is 4.90 Å². The van der Waals surface area contributed by atoms with Gasteiger partial charge < -0.3 is 9.97 Å². The van der Waals surface area contributed by atoms with Gasteiger partial charge in [-0.05, 0) is 96.7 Å². The molecule has 7 aromatic rings. The molecule has 0 saturated heterocycles. The molecule has 10 rings (SSSR count). The van der Waals surface area contributed by atoms with E-state index in [1.54, 1.807) is 24.3 Å². The number of hydrogen-bond donors (Lipinski definition) is 2. The van der Waals surface area contributed by atoms with Crippen LogP contribution in [-0.4, -0.2) is 43.2 Å². The number of rotatable bonds is 8. The molecule has 6 heterocycles. The Bertz CT molecular complexity index is 2770. The number of fused-ring (bicyclic) bond motifs is 9. The van der Waals surface area contributed by atoms with Gasteiger partial charge in [-0.2, -0.15) is 0 Å². The van der Waals surface area contributed by atoms with Crippen molar-refractivity contribution in [2.24, 2.45) is 0 Å². The van der Waals surface area contributed by atoms with Crippen LogP contribution in [0.1, 0.15) is 61.9 Å². The molecular formula is C50H37N5O2. The van der Waals surface area contributed by atoms with Crippen LogP contribution >= 0.6 is 0 Å². The zero-order valence-electron chi connectivity index (χ0n) is 31.1. The lowest BCUT2D eigenvalue weighted by atomic mass is 10.0. The van der Waals surface area contributed by atoms with Crippen LogP contribution in [0.25, 0.3) is 79.8 Å². The molecule has 0 saturated carbocycles. The van der Waals surface area contributed by atoms with Gasteiger partial charge in [0.1, 0.15) is 0 Å². The van der Waals surface area contributed by atoms with Gasteiger partial charge in [-0.15, -0.1) is 0 Å². The number of nitrogens with one attached hydrogen (secondary N) is 2. The van der Waals surface area contributed by atoms with Crippen LogP contribution in [0.5, 0.6) is 0 Å². The number of nitrogens with zero attached hydrogens (tertiary/aromatic N) is 3. The first-order chi connectivity index (χ1) is 28.1. The summed E-state index contributed by atoms with van der Waals surface area (Å²) in [6.45, 7) is 0.350. The van der Waals surface area contributed by atoms with E-state index in [-0.39, 0.29) is 11.8 Å². The number of carbonyl (C=O) groups excluding carboxylic acids is 2. The first kappa shape index (κ1) is 34.1. The summed E-state index contributed by atoms with van der Waals surface area (Å²) in [6.07, 6.45) is 10.4. The molecule has 0 atom stereocenters. The lowest BCUT2D eigenvalue weighted by Gasteiger charge is -2.13. The largest absolute Gasteiger partial charge is 0.354 e. The summed E-state index contributed by atoms with van der Waals surface area (Å²) in [7, 11) is 0. The van der Waals surface area contributed by atoms with E-state index >= 15 is 0 Å². The third-order valence-electron chi connectivity index (χ3n) is 11.0. The molecule has 0 fully saturated rings. The Kier molecular flexibility index (Phi) is 8.60. The zero-order valence-corrected chi connectivity index (χ0v) is 31.1. The van der Waals surface area contributed by atoms with Crippen LogP contribution in [0, 0.1) is 0 Å². The molecule has 3 aliphatic rings.